The van der Waals surface area contributed by atoms with Gasteiger partial charge in [0, 0.05) is 36.0 Å². The third-order valence-corrected chi connectivity index (χ3v) is 6.64. The first-order valence-electron chi connectivity index (χ1n) is 11.9. The maximum absolute atomic E-state index is 12.6. The van der Waals surface area contributed by atoms with Crippen LogP contribution < -0.4 is 16.4 Å². The van der Waals surface area contributed by atoms with Crippen LogP contribution in [0.1, 0.15) is 30.1 Å². The Labute approximate surface area is 214 Å². The van der Waals surface area contributed by atoms with Crippen LogP contribution in [0.2, 0.25) is 0 Å². The van der Waals surface area contributed by atoms with Gasteiger partial charge < -0.3 is 26.0 Å². The van der Waals surface area contributed by atoms with E-state index in [1.807, 2.05) is 48.0 Å². The van der Waals surface area contributed by atoms with E-state index in [4.69, 9.17) is 5.73 Å². The topological polar surface area (TPSA) is 135 Å². The standard InChI is InChI=1S/C28H28N6O3/c1-16(2)26(35)33-20-10-8-18(9-11-20)23-21(22-24(29)31-15-32-25(22)34(23)3)17-4-6-19(7-5-17)27(36)30-14-28(37)12-13-28/h4-11,15,37H,1,12-14H2,2-3H3,(H,30,36)(H,33,35)(H2,29,31,32). The summed E-state index contributed by atoms with van der Waals surface area (Å²) in [5.41, 5.74) is 11.3. The van der Waals surface area contributed by atoms with Crippen molar-refractivity contribution in [1.82, 2.24) is 19.9 Å². The van der Waals surface area contributed by atoms with Crippen molar-refractivity contribution in [2.24, 2.45) is 7.05 Å². The SMILES string of the molecule is C=C(C)C(=O)Nc1ccc(-c2c(-c3ccc(C(=O)NCC4(O)CC4)cc3)c3c(N)ncnc3n2C)cc1. The van der Waals surface area contributed by atoms with Gasteiger partial charge in [0.1, 0.15) is 17.8 Å². The molecule has 5 rings (SSSR count). The molecule has 0 radical (unpaired) electrons. The smallest absolute Gasteiger partial charge is 0.251 e. The van der Waals surface area contributed by atoms with E-state index in [0.717, 1.165) is 22.4 Å². The number of amides is 2. The fourth-order valence-corrected chi connectivity index (χ4v) is 4.30. The van der Waals surface area contributed by atoms with E-state index < -0.39 is 5.60 Å². The lowest BCUT2D eigenvalue weighted by Crippen LogP contribution is -2.33. The fourth-order valence-electron chi connectivity index (χ4n) is 4.30. The molecule has 9 heteroatoms. The summed E-state index contributed by atoms with van der Waals surface area (Å²) in [7, 11) is 1.91. The molecule has 9 nitrogen and oxygen atoms in total. The summed E-state index contributed by atoms with van der Waals surface area (Å²) in [5.74, 6) is -0.122. The number of benzene rings is 2. The highest BCUT2D eigenvalue weighted by atomic mass is 16.3. The summed E-state index contributed by atoms with van der Waals surface area (Å²) in [4.78, 5) is 33.3. The van der Waals surface area contributed by atoms with Gasteiger partial charge in [0.15, 0.2) is 0 Å². The van der Waals surface area contributed by atoms with Gasteiger partial charge in [-0.05, 0) is 55.2 Å². The third-order valence-electron chi connectivity index (χ3n) is 6.64. The van der Waals surface area contributed by atoms with Crippen LogP contribution in [0.25, 0.3) is 33.4 Å². The van der Waals surface area contributed by atoms with Gasteiger partial charge in [-0.25, -0.2) is 9.97 Å². The van der Waals surface area contributed by atoms with Crippen molar-refractivity contribution in [1.29, 1.82) is 0 Å². The number of nitrogens with one attached hydrogen (secondary N) is 2. The van der Waals surface area contributed by atoms with Gasteiger partial charge in [-0.15, -0.1) is 0 Å². The molecule has 1 fully saturated rings. The second-order valence-electron chi connectivity index (χ2n) is 9.54. The minimum Gasteiger partial charge on any atom is -0.388 e. The first-order valence-corrected chi connectivity index (χ1v) is 11.9. The molecule has 0 spiro atoms. The number of nitrogen functional groups attached to an aromatic ring is 1. The van der Waals surface area contributed by atoms with E-state index in [0.29, 0.717) is 46.5 Å². The molecule has 0 saturated heterocycles. The number of hydrogen-bond acceptors (Lipinski definition) is 6. The minimum atomic E-state index is -0.756. The van der Waals surface area contributed by atoms with Crippen LogP contribution in [0.15, 0.2) is 67.0 Å². The van der Waals surface area contributed by atoms with Gasteiger partial charge >= 0.3 is 0 Å². The van der Waals surface area contributed by atoms with Crippen LogP contribution in [0.4, 0.5) is 11.5 Å². The average Bonchev–Trinajstić information content (AvgIpc) is 3.55. The maximum Gasteiger partial charge on any atom is 0.251 e. The summed E-state index contributed by atoms with van der Waals surface area (Å²) in [6.07, 6.45) is 2.85. The average molecular weight is 497 g/mol. The number of anilines is 2. The van der Waals surface area contributed by atoms with Gasteiger partial charge in [0.25, 0.3) is 11.8 Å². The Bertz CT molecular complexity index is 1530. The number of aromatic nitrogens is 3. The lowest BCUT2D eigenvalue weighted by Gasteiger charge is -2.12. The van der Waals surface area contributed by atoms with E-state index in [2.05, 4.69) is 27.2 Å². The van der Waals surface area contributed by atoms with Crippen molar-refractivity contribution in [3.05, 3.63) is 72.6 Å². The van der Waals surface area contributed by atoms with Gasteiger partial charge in [-0.3, -0.25) is 9.59 Å². The normalized spacial score (nSPS) is 13.8. The summed E-state index contributed by atoms with van der Waals surface area (Å²) < 4.78 is 1.96. The molecular formula is C28H28N6O3. The zero-order chi connectivity index (χ0) is 26.3. The molecule has 1 saturated carbocycles. The van der Waals surface area contributed by atoms with Gasteiger partial charge in [-0.1, -0.05) is 30.8 Å². The lowest BCUT2D eigenvalue weighted by atomic mass is 9.97. The number of carbonyl (C=O) groups excluding carboxylic acids is 2. The molecule has 0 aliphatic heterocycles. The minimum absolute atomic E-state index is 0.236. The van der Waals surface area contributed by atoms with Crippen LogP contribution in [-0.4, -0.2) is 43.6 Å². The first-order chi connectivity index (χ1) is 17.7. The molecule has 0 bridgehead atoms. The molecule has 2 amide bonds. The van der Waals surface area contributed by atoms with Crippen molar-refractivity contribution in [3.8, 4) is 22.4 Å². The Morgan fingerprint density at radius 1 is 1.08 bits per heavy atom. The Hall–Kier alpha value is -4.50. The largest absolute Gasteiger partial charge is 0.388 e. The Kier molecular flexibility index (Phi) is 6.01. The van der Waals surface area contributed by atoms with Crippen molar-refractivity contribution in [2.45, 2.75) is 25.4 Å². The molecule has 2 aromatic heterocycles. The highest BCUT2D eigenvalue weighted by molar-refractivity contribution is 6.08. The molecule has 2 heterocycles. The van der Waals surface area contributed by atoms with Gasteiger partial charge in [0.05, 0.1) is 16.7 Å². The monoisotopic (exact) mass is 496 g/mol. The highest BCUT2D eigenvalue weighted by Gasteiger charge is 2.40. The number of carbonyl (C=O) groups is 2. The number of nitrogens with zero attached hydrogens (tertiary/aromatic N) is 3. The summed E-state index contributed by atoms with van der Waals surface area (Å²) in [6.45, 7) is 5.57. The van der Waals surface area contributed by atoms with Crippen molar-refractivity contribution in [2.75, 3.05) is 17.6 Å². The predicted octanol–water partition coefficient (Wildman–Crippen LogP) is 3.65. The molecule has 5 N–H and O–H groups in total. The molecule has 2 aromatic carbocycles. The molecule has 1 aliphatic rings. The predicted molar refractivity (Wildman–Crippen MR) is 144 cm³/mol. The van der Waals surface area contributed by atoms with E-state index in [1.54, 1.807) is 19.1 Å². The summed E-state index contributed by atoms with van der Waals surface area (Å²) >= 11 is 0. The zero-order valence-corrected chi connectivity index (χ0v) is 20.7. The van der Waals surface area contributed by atoms with Gasteiger partial charge in [-0.2, -0.15) is 0 Å². The van der Waals surface area contributed by atoms with Crippen molar-refractivity contribution < 1.29 is 14.7 Å². The number of fused-ring (bicyclic) bond motifs is 1. The highest BCUT2D eigenvalue weighted by Crippen LogP contribution is 2.41. The zero-order valence-electron chi connectivity index (χ0n) is 20.7. The third kappa shape index (κ3) is 4.68. The van der Waals surface area contributed by atoms with E-state index in [1.165, 1.54) is 6.33 Å². The Morgan fingerprint density at radius 2 is 1.73 bits per heavy atom. The van der Waals surface area contributed by atoms with E-state index in [-0.39, 0.29) is 18.4 Å². The van der Waals surface area contributed by atoms with Crippen LogP contribution >= 0.6 is 0 Å². The number of rotatable bonds is 7. The number of nitrogens with two attached hydrogens (primary N) is 1. The lowest BCUT2D eigenvalue weighted by molar-refractivity contribution is -0.112. The molecule has 37 heavy (non-hydrogen) atoms. The van der Waals surface area contributed by atoms with Crippen LogP contribution in [-0.2, 0) is 11.8 Å². The molecule has 188 valence electrons. The fraction of sp³-hybridized carbons (Fsp3) is 0.214. The Morgan fingerprint density at radius 3 is 2.35 bits per heavy atom. The van der Waals surface area contributed by atoms with Crippen molar-refractivity contribution in [3.63, 3.8) is 0 Å². The summed E-state index contributed by atoms with van der Waals surface area (Å²) in [5, 5.41) is 16.3. The molecular weight excluding hydrogens is 468 g/mol. The van der Waals surface area contributed by atoms with E-state index in [9.17, 15) is 14.7 Å². The molecule has 0 atom stereocenters. The molecule has 4 aromatic rings. The quantitative estimate of drug-likeness (QED) is 0.289. The molecule has 0 unspecified atom stereocenters. The van der Waals surface area contributed by atoms with Crippen LogP contribution in [0.3, 0.4) is 0 Å². The summed E-state index contributed by atoms with van der Waals surface area (Å²) in [6, 6.07) is 14.7. The first kappa shape index (κ1) is 24.2. The number of aryl methyl sites for hydroxylation is 1. The van der Waals surface area contributed by atoms with Crippen molar-refractivity contribution >= 4 is 34.4 Å². The second kappa shape index (κ2) is 9.18. The Balaban J connectivity index is 1.54. The van der Waals surface area contributed by atoms with Crippen LogP contribution in [0.5, 0.6) is 0 Å². The number of aliphatic hydroxyl groups is 1. The second-order valence-corrected chi connectivity index (χ2v) is 9.54. The molecule has 1 aliphatic carbocycles. The van der Waals surface area contributed by atoms with Crippen LogP contribution in [0, 0.1) is 0 Å². The van der Waals surface area contributed by atoms with Gasteiger partial charge in [0.2, 0.25) is 0 Å². The number of hydrogen-bond donors (Lipinski definition) is 4. The maximum atomic E-state index is 12.6. The van der Waals surface area contributed by atoms with E-state index >= 15 is 0 Å².